The van der Waals surface area contributed by atoms with E-state index in [1.54, 1.807) is 31.2 Å². The Morgan fingerprint density at radius 2 is 1.75 bits per heavy atom. The summed E-state index contributed by atoms with van der Waals surface area (Å²) in [5.74, 6) is 0.669. The molecular weight excluding hydrogens is 372 g/mol. The summed E-state index contributed by atoms with van der Waals surface area (Å²) in [5, 5.41) is 20.9. The first-order valence-corrected chi connectivity index (χ1v) is 9.69. The fraction of sp³-hybridized carbons (Fsp3) is 0.238. The Bertz CT molecular complexity index is 988. The van der Waals surface area contributed by atoms with Crippen molar-refractivity contribution < 1.29 is 9.53 Å². The molecule has 3 aromatic rings. The van der Waals surface area contributed by atoms with Crippen LogP contribution in [0.3, 0.4) is 0 Å². The minimum atomic E-state index is -0.717. The fourth-order valence-electron chi connectivity index (χ4n) is 2.47. The molecule has 1 amide bonds. The molecule has 3 rings (SSSR count). The molecule has 7 heteroatoms. The van der Waals surface area contributed by atoms with Crippen molar-refractivity contribution >= 4 is 22.4 Å². The van der Waals surface area contributed by atoms with E-state index in [1.165, 1.54) is 16.9 Å². The van der Waals surface area contributed by atoms with Gasteiger partial charge in [-0.2, -0.15) is 5.26 Å². The zero-order valence-corrected chi connectivity index (χ0v) is 16.7. The minimum Gasteiger partial charge on any atom is -0.481 e. The minimum absolute atomic E-state index is 0.317. The topological polar surface area (TPSA) is 87.9 Å². The van der Waals surface area contributed by atoms with Gasteiger partial charge < -0.3 is 4.74 Å². The molecule has 142 valence electrons. The van der Waals surface area contributed by atoms with Crippen molar-refractivity contribution in [3.8, 4) is 22.4 Å². The van der Waals surface area contributed by atoms with Gasteiger partial charge in [0.2, 0.25) is 5.13 Å². The largest absolute Gasteiger partial charge is 0.481 e. The van der Waals surface area contributed by atoms with Gasteiger partial charge in [-0.1, -0.05) is 49.4 Å². The number of nitriles is 1. The highest BCUT2D eigenvalue weighted by atomic mass is 32.1. The third kappa shape index (κ3) is 4.72. The van der Waals surface area contributed by atoms with Gasteiger partial charge >= 0.3 is 0 Å². The van der Waals surface area contributed by atoms with E-state index in [2.05, 4.69) is 41.5 Å². The lowest BCUT2D eigenvalue weighted by atomic mass is 10.0. The molecule has 1 aromatic heterocycles. The van der Waals surface area contributed by atoms with Crippen molar-refractivity contribution in [2.75, 3.05) is 5.32 Å². The quantitative estimate of drug-likeness (QED) is 0.662. The number of nitrogens with zero attached hydrogens (tertiary/aromatic N) is 3. The molecule has 1 atom stereocenters. The number of rotatable bonds is 6. The maximum absolute atomic E-state index is 12.4. The van der Waals surface area contributed by atoms with Crippen molar-refractivity contribution in [3.63, 3.8) is 0 Å². The van der Waals surface area contributed by atoms with Crippen molar-refractivity contribution in [2.45, 2.75) is 32.8 Å². The molecule has 0 fully saturated rings. The number of hydrogen-bond donors (Lipinski definition) is 1. The van der Waals surface area contributed by atoms with Crippen molar-refractivity contribution in [3.05, 3.63) is 59.7 Å². The third-order valence-electron chi connectivity index (χ3n) is 4.14. The molecule has 28 heavy (non-hydrogen) atoms. The van der Waals surface area contributed by atoms with Crippen LogP contribution in [0.2, 0.25) is 0 Å². The highest BCUT2D eigenvalue weighted by Gasteiger charge is 2.17. The van der Waals surface area contributed by atoms with Crippen LogP contribution < -0.4 is 10.1 Å². The second-order valence-electron chi connectivity index (χ2n) is 6.57. The second kappa shape index (κ2) is 8.63. The van der Waals surface area contributed by atoms with Gasteiger partial charge in [0.25, 0.3) is 5.91 Å². The van der Waals surface area contributed by atoms with E-state index < -0.39 is 6.10 Å². The molecule has 0 saturated heterocycles. The number of nitrogens with one attached hydrogen (secondary N) is 1. The maximum atomic E-state index is 12.4. The first kappa shape index (κ1) is 19.5. The van der Waals surface area contributed by atoms with Gasteiger partial charge in [0, 0.05) is 5.56 Å². The summed E-state index contributed by atoms with van der Waals surface area (Å²) < 4.78 is 5.61. The summed E-state index contributed by atoms with van der Waals surface area (Å²) >= 11 is 1.31. The molecule has 0 aliphatic rings. The Hall–Kier alpha value is -3.24. The standard InChI is InChI=1S/C21H20N4O2S/c1-13(2)16-6-8-17(9-7-16)20-24-25-21(28-20)23-19(26)14(3)27-18-10-4-15(12-22)5-11-18/h4-11,13-14H,1-3H3,(H,23,25,26)/t14-/m0/s1. The Morgan fingerprint density at radius 3 is 2.36 bits per heavy atom. The molecule has 0 aliphatic heterocycles. The van der Waals surface area contributed by atoms with Gasteiger partial charge in [-0.15, -0.1) is 10.2 Å². The number of carbonyl (C=O) groups excluding carboxylic acids is 1. The van der Waals surface area contributed by atoms with Crippen molar-refractivity contribution in [1.82, 2.24) is 10.2 Å². The maximum Gasteiger partial charge on any atom is 0.266 e. The first-order valence-electron chi connectivity index (χ1n) is 8.88. The molecule has 6 nitrogen and oxygen atoms in total. The summed E-state index contributed by atoms with van der Waals surface area (Å²) in [6, 6.07) is 16.8. The molecule has 0 unspecified atom stereocenters. The van der Waals surface area contributed by atoms with E-state index >= 15 is 0 Å². The van der Waals surface area contributed by atoms with Crippen LogP contribution in [0.15, 0.2) is 48.5 Å². The summed E-state index contributed by atoms with van der Waals surface area (Å²) in [4.78, 5) is 12.4. The van der Waals surface area contributed by atoms with Gasteiger partial charge in [0.1, 0.15) is 10.8 Å². The second-order valence-corrected chi connectivity index (χ2v) is 7.55. The molecular formula is C21H20N4O2S. The molecule has 0 saturated carbocycles. The lowest BCUT2D eigenvalue weighted by molar-refractivity contribution is -0.122. The van der Waals surface area contributed by atoms with Gasteiger partial charge in [0.15, 0.2) is 6.10 Å². The van der Waals surface area contributed by atoms with Crippen LogP contribution in [-0.2, 0) is 4.79 Å². The van der Waals surface area contributed by atoms with E-state index in [-0.39, 0.29) is 5.91 Å². The van der Waals surface area contributed by atoms with E-state index in [0.29, 0.717) is 22.4 Å². The van der Waals surface area contributed by atoms with Crippen LogP contribution in [0.5, 0.6) is 5.75 Å². The van der Waals surface area contributed by atoms with Crippen molar-refractivity contribution in [2.24, 2.45) is 0 Å². The predicted octanol–water partition coefficient (Wildman–Crippen LogP) is 4.61. The Balaban J connectivity index is 1.61. The molecule has 1 N–H and O–H groups in total. The Morgan fingerprint density at radius 1 is 1.07 bits per heavy atom. The normalized spacial score (nSPS) is 11.7. The van der Waals surface area contributed by atoms with E-state index in [0.717, 1.165) is 10.6 Å². The van der Waals surface area contributed by atoms with Crippen LogP contribution >= 0.6 is 11.3 Å². The number of hydrogen-bond acceptors (Lipinski definition) is 6. The van der Waals surface area contributed by atoms with Crippen LogP contribution in [0.4, 0.5) is 5.13 Å². The van der Waals surface area contributed by atoms with Gasteiger partial charge in [-0.3, -0.25) is 10.1 Å². The average Bonchev–Trinajstić information content (AvgIpc) is 3.17. The Kier molecular flexibility index (Phi) is 6.02. The van der Waals surface area contributed by atoms with Crippen LogP contribution in [-0.4, -0.2) is 22.2 Å². The van der Waals surface area contributed by atoms with Crippen molar-refractivity contribution in [1.29, 1.82) is 5.26 Å². The number of aromatic nitrogens is 2. The van der Waals surface area contributed by atoms with Crippen LogP contribution in [0, 0.1) is 11.3 Å². The lowest BCUT2D eigenvalue weighted by Gasteiger charge is -2.13. The predicted molar refractivity (Wildman–Crippen MR) is 109 cm³/mol. The highest BCUT2D eigenvalue weighted by molar-refractivity contribution is 7.18. The van der Waals surface area contributed by atoms with Crippen LogP contribution in [0.25, 0.3) is 10.6 Å². The zero-order valence-electron chi connectivity index (χ0n) is 15.8. The number of ether oxygens (including phenoxy) is 1. The molecule has 0 bridgehead atoms. The summed E-state index contributed by atoms with van der Waals surface area (Å²) in [6.45, 7) is 5.95. The number of amides is 1. The number of benzene rings is 2. The number of carbonyl (C=O) groups is 1. The fourth-order valence-corrected chi connectivity index (χ4v) is 3.23. The summed E-state index contributed by atoms with van der Waals surface area (Å²) in [5.41, 5.74) is 2.76. The monoisotopic (exact) mass is 392 g/mol. The first-order chi connectivity index (χ1) is 13.5. The SMILES string of the molecule is CC(C)c1ccc(-c2nnc(NC(=O)[C@H](C)Oc3ccc(C#N)cc3)s2)cc1. The molecule has 0 radical (unpaired) electrons. The average molecular weight is 392 g/mol. The van der Waals surface area contributed by atoms with Gasteiger partial charge in [0.05, 0.1) is 11.6 Å². The Labute approximate surface area is 167 Å². The molecule has 1 heterocycles. The number of anilines is 1. The van der Waals surface area contributed by atoms with E-state index in [4.69, 9.17) is 10.00 Å². The summed E-state index contributed by atoms with van der Waals surface area (Å²) in [7, 11) is 0. The van der Waals surface area contributed by atoms with Gasteiger partial charge in [-0.25, -0.2) is 0 Å². The zero-order chi connectivity index (χ0) is 20.1. The third-order valence-corrected chi connectivity index (χ3v) is 5.03. The van der Waals surface area contributed by atoms with E-state index in [1.807, 2.05) is 18.2 Å². The summed E-state index contributed by atoms with van der Waals surface area (Å²) in [6.07, 6.45) is -0.717. The van der Waals surface area contributed by atoms with E-state index in [9.17, 15) is 4.79 Å². The molecule has 0 aliphatic carbocycles. The smallest absolute Gasteiger partial charge is 0.266 e. The highest BCUT2D eigenvalue weighted by Crippen LogP contribution is 2.28. The molecule has 0 spiro atoms. The lowest BCUT2D eigenvalue weighted by Crippen LogP contribution is -2.30. The molecule has 2 aromatic carbocycles. The van der Waals surface area contributed by atoms with Crippen LogP contribution in [0.1, 0.15) is 37.8 Å². The van der Waals surface area contributed by atoms with Gasteiger partial charge in [-0.05, 0) is 42.7 Å².